The smallest absolute Gasteiger partial charge is 0.256 e. The minimum Gasteiger partial charge on any atom is -0.493 e. The second kappa shape index (κ2) is 7.97. The van der Waals surface area contributed by atoms with Crippen LogP contribution < -0.4 is 14.8 Å². The number of aromatic nitrogens is 2. The fourth-order valence-electron chi connectivity index (χ4n) is 3.11. The molecular weight excluding hydrogens is 434 g/mol. The van der Waals surface area contributed by atoms with Crippen molar-refractivity contribution in [2.45, 2.75) is 0 Å². The highest BCUT2D eigenvalue weighted by atomic mass is 79.9. The van der Waals surface area contributed by atoms with E-state index in [4.69, 9.17) is 14.5 Å². The Bertz CT molecular complexity index is 1200. The third-order valence-electron chi connectivity index (χ3n) is 4.51. The summed E-state index contributed by atoms with van der Waals surface area (Å²) >= 11 is 3.41. The molecule has 0 atom stereocenters. The van der Waals surface area contributed by atoms with Crippen molar-refractivity contribution in [3.63, 3.8) is 0 Å². The number of imidazole rings is 1. The quantitative estimate of drug-likeness (QED) is 0.461. The first-order chi connectivity index (χ1) is 14.1. The lowest BCUT2D eigenvalue weighted by Crippen LogP contribution is -2.14. The second-order valence-corrected chi connectivity index (χ2v) is 7.19. The molecule has 4 aromatic rings. The number of fused-ring (bicyclic) bond motifs is 1. The van der Waals surface area contributed by atoms with Crippen molar-refractivity contribution in [2.75, 3.05) is 19.5 Å². The Kier molecular flexibility index (Phi) is 5.22. The van der Waals surface area contributed by atoms with Crippen LogP contribution >= 0.6 is 15.9 Å². The van der Waals surface area contributed by atoms with E-state index >= 15 is 0 Å². The molecule has 2 heterocycles. The Morgan fingerprint density at radius 3 is 2.59 bits per heavy atom. The SMILES string of the molecule is COc1ccc(-c2nc3ccccn3c2NC(=O)c2cccc(Br)c2)cc1OC. The molecule has 1 amide bonds. The Morgan fingerprint density at radius 1 is 1.00 bits per heavy atom. The van der Waals surface area contributed by atoms with Gasteiger partial charge in [0.15, 0.2) is 11.5 Å². The topological polar surface area (TPSA) is 64.9 Å². The summed E-state index contributed by atoms with van der Waals surface area (Å²) in [5.41, 5.74) is 2.71. The van der Waals surface area contributed by atoms with Crippen molar-refractivity contribution in [2.24, 2.45) is 0 Å². The summed E-state index contributed by atoms with van der Waals surface area (Å²) < 4.78 is 13.4. The third kappa shape index (κ3) is 3.69. The number of nitrogens with zero attached hydrogens (tertiary/aromatic N) is 2. The predicted octanol–water partition coefficient (Wildman–Crippen LogP) is 5.03. The summed E-state index contributed by atoms with van der Waals surface area (Å²) in [5, 5.41) is 3.01. The number of pyridine rings is 1. The number of ether oxygens (including phenoxy) is 2. The zero-order valence-electron chi connectivity index (χ0n) is 15.8. The molecule has 0 aliphatic rings. The largest absolute Gasteiger partial charge is 0.493 e. The molecular formula is C22H18BrN3O3. The lowest BCUT2D eigenvalue weighted by atomic mass is 10.1. The summed E-state index contributed by atoms with van der Waals surface area (Å²) in [7, 11) is 3.17. The van der Waals surface area contributed by atoms with E-state index < -0.39 is 0 Å². The molecule has 146 valence electrons. The number of hydrogen-bond acceptors (Lipinski definition) is 4. The summed E-state index contributed by atoms with van der Waals surface area (Å²) in [6, 6.07) is 18.5. The zero-order chi connectivity index (χ0) is 20.4. The molecule has 1 N–H and O–H groups in total. The van der Waals surface area contributed by atoms with E-state index in [1.807, 2.05) is 59.1 Å². The second-order valence-electron chi connectivity index (χ2n) is 6.27. The van der Waals surface area contributed by atoms with Crippen molar-refractivity contribution in [3.8, 4) is 22.8 Å². The van der Waals surface area contributed by atoms with E-state index in [1.165, 1.54) is 0 Å². The van der Waals surface area contributed by atoms with Gasteiger partial charge in [0.1, 0.15) is 17.2 Å². The maximum Gasteiger partial charge on any atom is 0.256 e. The van der Waals surface area contributed by atoms with Crippen LogP contribution in [-0.2, 0) is 0 Å². The standard InChI is InChI=1S/C22H18BrN3O3/c1-28-17-10-9-14(13-18(17)29-2)20-21(26-11-4-3-8-19(26)24-20)25-22(27)15-6-5-7-16(23)12-15/h3-13H,1-2H3,(H,25,27). The lowest BCUT2D eigenvalue weighted by molar-refractivity contribution is 0.102. The summed E-state index contributed by atoms with van der Waals surface area (Å²) in [6.45, 7) is 0. The number of amides is 1. The van der Waals surface area contributed by atoms with Gasteiger partial charge in [-0.15, -0.1) is 0 Å². The third-order valence-corrected chi connectivity index (χ3v) is 5.00. The van der Waals surface area contributed by atoms with Crippen molar-refractivity contribution in [1.82, 2.24) is 9.38 Å². The van der Waals surface area contributed by atoms with Gasteiger partial charge in [0.2, 0.25) is 0 Å². The molecule has 7 heteroatoms. The molecule has 4 rings (SSSR count). The predicted molar refractivity (Wildman–Crippen MR) is 116 cm³/mol. The fraction of sp³-hybridized carbons (Fsp3) is 0.0909. The van der Waals surface area contributed by atoms with Gasteiger partial charge >= 0.3 is 0 Å². The lowest BCUT2D eigenvalue weighted by Gasteiger charge is -2.11. The first-order valence-corrected chi connectivity index (χ1v) is 9.66. The molecule has 0 unspecified atom stereocenters. The van der Waals surface area contributed by atoms with E-state index in [1.54, 1.807) is 26.4 Å². The van der Waals surface area contributed by atoms with Crippen molar-refractivity contribution >= 4 is 33.3 Å². The van der Waals surface area contributed by atoms with Gasteiger partial charge in [0, 0.05) is 21.8 Å². The molecule has 6 nitrogen and oxygen atoms in total. The minimum atomic E-state index is -0.223. The molecule has 2 aromatic heterocycles. The van der Waals surface area contributed by atoms with Crippen LogP contribution in [0.5, 0.6) is 11.5 Å². The molecule has 2 aromatic carbocycles. The monoisotopic (exact) mass is 451 g/mol. The molecule has 0 bridgehead atoms. The summed E-state index contributed by atoms with van der Waals surface area (Å²) in [6.07, 6.45) is 1.86. The average Bonchev–Trinajstić information content (AvgIpc) is 3.11. The van der Waals surface area contributed by atoms with Crippen LogP contribution in [0.4, 0.5) is 5.82 Å². The molecule has 0 aliphatic heterocycles. The van der Waals surface area contributed by atoms with Gasteiger partial charge in [-0.3, -0.25) is 9.20 Å². The number of carbonyl (C=O) groups is 1. The van der Waals surface area contributed by atoms with Crippen molar-refractivity contribution < 1.29 is 14.3 Å². The van der Waals surface area contributed by atoms with E-state index in [-0.39, 0.29) is 5.91 Å². The van der Waals surface area contributed by atoms with Crippen molar-refractivity contribution in [1.29, 1.82) is 0 Å². The number of anilines is 1. The van der Waals surface area contributed by atoms with Crippen molar-refractivity contribution in [3.05, 3.63) is 76.9 Å². The van der Waals surface area contributed by atoms with Gasteiger partial charge in [-0.05, 0) is 48.5 Å². The fourth-order valence-corrected chi connectivity index (χ4v) is 3.51. The van der Waals surface area contributed by atoms with Gasteiger partial charge in [-0.2, -0.15) is 0 Å². The van der Waals surface area contributed by atoms with Crippen LogP contribution in [0.1, 0.15) is 10.4 Å². The van der Waals surface area contributed by atoms with Gasteiger partial charge in [-0.1, -0.05) is 28.1 Å². The highest BCUT2D eigenvalue weighted by Crippen LogP contribution is 2.35. The number of rotatable bonds is 5. The van der Waals surface area contributed by atoms with E-state index in [2.05, 4.69) is 21.2 Å². The number of benzene rings is 2. The Hall–Kier alpha value is -3.32. The number of hydrogen-bond donors (Lipinski definition) is 1. The molecule has 0 fully saturated rings. The number of methoxy groups -OCH3 is 2. The van der Waals surface area contributed by atoms with E-state index in [9.17, 15) is 4.79 Å². The number of carbonyl (C=O) groups excluding carboxylic acids is 1. The maximum absolute atomic E-state index is 12.9. The molecule has 29 heavy (non-hydrogen) atoms. The average molecular weight is 452 g/mol. The van der Waals surface area contributed by atoms with Crippen LogP contribution in [0.2, 0.25) is 0 Å². The number of nitrogens with one attached hydrogen (secondary N) is 1. The Balaban J connectivity index is 1.82. The molecule has 0 spiro atoms. The van der Waals surface area contributed by atoms with E-state index in [0.717, 1.165) is 15.7 Å². The van der Waals surface area contributed by atoms with Gasteiger partial charge in [-0.25, -0.2) is 4.98 Å². The van der Waals surface area contributed by atoms with Crippen LogP contribution in [-0.4, -0.2) is 29.5 Å². The van der Waals surface area contributed by atoms with E-state index in [0.29, 0.717) is 28.6 Å². The normalized spacial score (nSPS) is 10.7. The van der Waals surface area contributed by atoms with Gasteiger partial charge in [0.05, 0.1) is 14.2 Å². The Labute approximate surface area is 176 Å². The van der Waals surface area contributed by atoms with Crippen LogP contribution in [0, 0.1) is 0 Å². The van der Waals surface area contributed by atoms with Crippen LogP contribution in [0.25, 0.3) is 16.9 Å². The first kappa shape index (κ1) is 19.0. The number of halogens is 1. The highest BCUT2D eigenvalue weighted by Gasteiger charge is 2.18. The molecule has 0 saturated heterocycles. The van der Waals surface area contributed by atoms with Crippen LogP contribution in [0.3, 0.4) is 0 Å². The van der Waals surface area contributed by atoms with Gasteiger partial charge < -0.3 is 14.8 Å². The first-order valence-electron chi connectivity index (χ1n) is 8.87. The molecule has 0 saturated carbocycles. The zero-order valence-corrected chi connectivity index (χ0v) is 17.4. The van der Waals surface area contributed by atoms with Gasteiger partial charge in [0.25, 0.3) is 5.91 Å². The maximum atomic E-state index is 12.9. The Morgan fingerprint density at radius 2 is 1.83 bits per heavy atom. The summed E-state index contributed by atoms with van der Waals surface area (Å²) in [5.74, 6) is 1.57. The summed E-state index contributed by atoms with van der Waals surface area (Å²) in [4.78, 5) is 17.6. The minimum absolute atomic E-state index is 0.223. The molecule has 0 radical (unpaired) electrons. The molecule has 0 aliphatic carbocycles. The van der Waals surface area contributed by atoms with Crippen LogP contribution in [0.15, 0.2) is 71.3 Å². The highest BCUT2D eigenvalue weighted by molar-refractivity contribution is 9.10.